The third kappa shape index (κ3) is 5.50. The van der Waals surface area contributed by atoms with Crippen LogP contribution in [0.1, 0.15) is 37.3 Å². The molecule has 2 aromatic carbocycles. The van der Waals surface area contributed by atoms with Crippen LogP contribution >= 0.6 is 7.60 Å². The minimum Gasteiger partial charge on any atom is -0.489 e. The van der Waals surface area contributed by atoms with Crippen LogP contribution < -0.4 is 9.47 Å². The molecule has 1 heterocycles. The average Bonchev–Trinajstić information content (AvgIpc) is 3.36. The second kappa shape index (κ2) is 10.5. The molecule has 2 N–H and O–H groups in total. The van der Waals surface area contributed by atoms with Gasteiger partial charge in [-0.25, -0.2) is 0 Å². The van der Waals surface area contributed by atoms with Crippen molar-refractivity contribution < 1.29 is 33.3 Å². The number of aryl methyl sites for hydroxylation is 1. The molecule has 8 heteroatoms. The lowest BCUT2D eigenvalue weighted by Gasteiger charge is -2.30. The summed E-state index contributed by atoms with van der Waals surface area (Å²) in [5.74, 6) is 1.24. The predicted molar refractivity (Wildman–Crippen MR) is 134 cm³/mol. The summed E-state index contributed by atoms with van der Waals surface area (Å²) in [4.78, 5) is 0. The molecule has 190 valence electrons. The molecule has 0 bridgehead atoms. The van der Waals surface area contributed by atoms with Gasteiger partial charge in [0.05, 0.1) is 12.3 Å². The molecular formula is C27H35O7P. The van der Waals surface area contributed by atoms with Gasteiger partial charge in [-0.05, 0) is 38.0 Å². The number of benzene rings is 2. The van der Waals surface area contributed by atoms with E-state index in [0.717, 1.165) is 16.9 Å². The van der Waals surface area contributed by atoms with E-state index in [1.54, 1.807) is 6.08 Å². The van der Waals surface area contributed by atoms with E-state index in [1.165, 1.54) is 14.2 Å². The summed E-state index contributed by atoms with van der Waals surface area (Å²) >= 11 is 0. The molecule has 5 atom stereocenters. The molecule has 2 aromatic rings. The van der Waals surface area contributed by atoms with Crippen molar-refractivity contribution in [1.29, 1.82) is 0 Å². The average molecular weight is 503 g/mol. The molecule has 0 unspecified atom stereocenters. The Morgan fingerprint density at radius 2 is 1.86 bits per heavy atom. The quantitative estimate of drug-likeness (QED) is 0.359. The van der Waals surface area contributed by atoms with Crippen molar-refractivity contribution in [1.82, 2.24) is 0 Å². The van der Waals surface area contributed by atoms with Crippen LogP contribution in [0.4, 0.5) is 0 Å². The van der Waals surface area contributed by atoms with Crippen molar-refractivity contribution in [3.8, 4) is 11.5 Å². The number of hydrogen-bond acceptors (Lipinski definition) is 7. The van der Waals surface area contributed by atoms with E-state index >= 15 is 0 Å². The molecular weight excluding hydrogens is 467 g/mol. The van der Waals surface area contributed by atoms with Crippen molar-refractivity contribution in [2.45, 2.75) is 56.5 Å². The maximum atomic E-state index is 12.5. The maximum absolute atomic E-state index is 12.5. The highest BCUT2D eigenvalue weighted by atomic mass is 31.2. The fraction of sp³-hybridized carbons (Fsp3) is 0.481. The summed E-state index contributed by atoms with van der Waals surface area (Å²) in [5.41, 5.74) is 1.12. The van der Waals surface area contributed by atoms with Crippen molar-refractivity contribution in [3.63, 3.8) is 0 Å². The van der Waals surface area contributed by atoms with E-state index in [9.17, 15) is 14.8 Å². The molecule has 1 aliphatic carbocycles. The molecule has 4 rings (SSSR count). The van der Waals surface area contributed by atoms with Crippen LogP contribution in [0.25, 0.3) is 0 Å². The van der Waals surface area contributed by atoms with E-state index in [4.69, 9.17) is 18.5 Å². The Morgan fingerprint density at radius 3 is 2.54 bits per heavy atom. The Labute approximate surface area is 207 Å². The normalized spacial score (nSPS) is 24.7. The number of fused-ring (bicyclic) bond motifs is 3. The van der Waals surface area contributed by atoms with Crippen LogP contribution in [0.5, 0.6) is 11.5 Å². The Morgan fingerprint density at radius 1 is 1.14 bits per heavy atom. The smallest absolute Gasteiger partial charge is 0.330 e. The Bertz CT molecular complexity index is 1080. The molecule has 0 saturated heterocycles. The van der Waals surface area contributed by atoms with Gasteiger partial charge in [0.25, 0.3) is 0 Å². The summed E-state index contributed by atoms with van der Waals surface area (Å²) in [6, 6.07) is 15.3. The van der Waals surface area contributed by atoms with Gasteiger partial charge in [-0.1, -0.05) is 48.6 Å². The first-order valence-corrected chi connectivity index (χ1v) is 13.7. The number of hydrogen-bond donors (Lipinski definition) is 2. The van der Waals surface area contributed by atoms with E-state index in [0.29, 0.717) is 18.6 Å². The van der Waals surface area contributed by atoms with Crippen molar-refractivity contribution in [2.75, 3.05) is 20.4 Å². The van der Waals surface area contributed by atoms with Crippen LogP contribution in [-0.2, 0) is 20.0 Å². The molecule has 0 amide bonds. The summed E-state index contributed by atoms with van der Waals surface area (Å²) < 4.78 is 34.9. The Hall–Kier alpha value is -2.15. The fourth-order valence-corrected chi connectivity index (χ4v) is 6.03. The number of aliphatic hydroxyl groups excluding tert-OH is 2. The lowest BCUT2D eigenvalue weighted by molar-refractivity contribution is -0.00221. The van der Waals surface area contributed by atoms with Gasteiger partial charge in [0, 0.05) is 38.0 Å². The first-order chi connectivity index (χ1) is 16.7. The Kier molecular flexibility index (Phi) is 7.74. The topological polar surface area (TPSA) is 94.5 Å². The van der Waals surface area contributed by atoms with E-state index in [2.05, 4.69) is 0 Å². The van der Waals surface area contributed by atoms with Crippen LogP contribution in [-0.4, -0.2) is 54.5 Å². The number of ether oxygens (including phenoxy) is 2. The molecule has 0 aromatic heterocycles. The fourth-order valence-electron chi connectivity index (χ4n) is 5.00. The monoisotopic (exact) mass is 502 g/mol. The molecule has 1 fully saturated rings. The number of para-hydroxylation sites is 2. The molecule has 0 spiro atoms. The second-order valence-corrected chi connectivity index (χ2v) is 12.1. The summed E-state index contributed by atoms with van der Waals surface area (Å²) in [5, 5.41) is 21.7. The van der Waals surface area contributed by atoms with Gasteiger partial charge in [-0.2, -0.15) is 0 Å². The van der Waals surface area contributed by atoms with Crippen molar-refractivity contribution >= 4 is 7.60 Å². The highest BCUT2D eigenvalue weighted by molar-refractivity contribution is 7.53. The third-order valence-corrected chi connectivity index (χ3v) is 8.94. The first kappa shape index (κ1) is 25.9. The molecule has 7 nitrogen and oxygen atoms in total. The van der Waals surface area contributed by atoms with Crippen LogP contribution in [0, 0.1) is 5.92 Å². The highest BCUT2D eigenvalue weighted by Gasteiger charge is 2.49. The number of rotatable bonds is 10. The van der Waals surface area contributed by atoms with Gasteiger partial charge >= 0.3 is 7.60 Å². The molecule has 35 heavy (non-hydrogen) atoms. The van der Waals surface area contributed by atoms with Gasteiger partial charge in [-0.3, -0.25) is 4.57 Å². The van der Waals surface area contributed by atoms with Crippen LogP contribution in [0.3, 0.4) is 0 Å². The molecule has 1 saturated carbocycles. The van der Waals surface area contributed by atoms with Crippen molar-refractivity contribution in [2.24, 2.45) is 5.92 Å². The lowest BCUT2D eigenvalue weighted by Crippen LogP contribution is -2.41. The summed E-state index contributed by atoms with van der Waals surface area (Å²) in [6.45, 7) is 3.67. The SMILES string of the molecule is COP(=O)(CCc1cccc2c1O[C@H]1C[C@@H](O)[C@H](/C=C/[C@H](O)C(C)(C)Oc3ccccc3)[C@@H]21)OC. The van der Waals surface area contributed by atoms with Crippen molar-refractivity contribution in [3.05, 3.63) is 71.8 Å². The van der Waals surface area contributed by atoms with Gasteiger partial charge in [0.2, 0.25) is 0 Å². The van der Waals surface area contributed by atoms with E-state index in [1.807, 2.05) is 68.5 Å². The van der Waals surface area contributed by atoms with Gasteiger partial charge in [0.15, 0.2) is 0 Å². The largest absolute Gasteiger partial charge is 0.489 e. The Balaban J connectivity index is 1.50. The minimum absolute atomic E-state index is 0.0294. The zero-order valence-corrected chi connectivity index (χ0v) is 21.6. The van der Waals surface area contributed by atoms with E-state index < -0.39 is 25.4 Å². The minimum atomic E-state index is -3.13. The van der Waals surface area contributed by atoms with Gasteiger partial charge < -0.3 is 28.7 Å². The van der Waals surface area contributed by atoms with Gasteiger partial charge in [0.1, 0.15) is 29.3 Å². The molecule has 2 aliphatic rings. The van der Waals surface area contributed by atoms with Crippen LogP contribution in [0.15, 0.2) is 60.7 Å². The second-order valence-electron chi connectivity index (χ2n) is 9.70. The summed E-state index contributed by atoms with van der Waals surface area (Å²) in [6.07, 6.45) is 3.25. The maximum Gasteiger partial charge on any atom is 0.330 e. The highest BCUT2D eigenvalue weighted by Crippen LogP contribution is 2.53. The molecule has 1 aliphatic heterocycles. The predicted octanol–water partition coefficient (Wildman–Crippen LogP) is 4.72. The lowest BCUT2D eigenvalue weighted by atomic mass is 9.86. The molecule has 0 radical (unpaired) electrons. The van der Waals surface area contributed by atoms with Gasteiger partial charge in [-0.15, -0.1) is 0 Å². The third-order valence-electron chi connectivity index (χ3n) is 7.05. The summed E-state index contributed by atoms with van der Waals surface area (Å²) in [7, 11) is -0.350. The van der Waals surface area contributed by atoms with Crippen LogP contribution in [0.2, 0.25) is 0 Å². The standard InChI is InChI=1S/C27H35O7P/c1-27(2,34-19-10-6-5-7-11-19)24(29)14-13-20-22(28)17-23-25(20)21-12-8-9-18(26(21)33-23)15-16-35(30,31-3)32-4/h5-14,20,22-25,28-29H,15-17H2,1-4H3/b14-13+/t20-,22+,23-,24-,25-/m0/s1. The first-order valence-electron chi connectivity index (χ1n) is 11.9. The van der Waals surface area contributed by atoms with E-state index in [-0.39, 0.29) is 24.1 Å². The zero-order chi connectivity index (χ0) is 25.2. The zero-order valence-electron chi connectivity index (χ0n) is 20.7. The number of aliphatic hydroxyl groups is 2.